The van der Waals surface area contributed by atoms with Gasteiger partial charge in [0.25, 0.3) is 0 Å². The zero-order valence-corrected chi connectivity index (χ0v) is 20.7. The van der Waals surface area contributed by atoms with Crippen LogP contribution < -0.4 is 10.6 Å². The van der Waals surface area contributed by atoms with Gasteiger partial charge in [0.1, 0.15) is 17.4 Å². The molecule has 5 atom stereocenters. The zero-order chi connectivity index (χ0) is 27.4. The normalized spacial score (nSPS) is 29.0. The van der Waals surface area contributed by atoms with E-state index in [4.69, 9.17) is 10.5 Å². The molecule has 11 heteroatoms. The van der Waals surface area contributed by atoms with E-state index in [1.54, 1.807) is 32.0 Å². The fraction of sp³-hybridized carbons (Fsp3) is 0.462. The Morgan fingerprint density at radius 2 is 1.92 bits per heavy atom. The quantitative estimate of drug-likeness (QED) is 0.207. The van der Waals surface area contributed by atoms with Gasteiger partial charge in [0.15, 0.2) is 11.4 Å². The number of nitrogens with zero attached hydrogens (tertiary/aromatic N) is 1. The van der Waals surface area contributed by atoms with Gasteiger partial charge in [-0.1, -0.05) is 0 Å². The van der Waals surface area contributed by atoms with Crippen LogP contribution in [0.1, 0.15) is 36.5 Å². The van der Waals surface area contributed by atoms with Crippen LogP contribution in [0.15, 0.2) is 17.7 Å². The van der Waals surface area contributed by atoms with E-state index in [0.717, 1.165) is 6.08 Å². The molecule has 0 aliphatic heterocycles. The predicted octanol–water partition coefficient (Wildman–Crippen LogP) is 0.231. The number of hydrogen-bond donors (Lipinski definition) is 5. The number of rotatable bonds is 5. The number of fused-ring (bicyclic) bond motifs is 3. The molecule has 198 valence electrons. The molecule has 0 spiro atoms. The number of anilines is 1. The lowest BCUT2D eigenvalue weighted by molar-refractivity contribution is -0.174. The molecule has 3 aliphatic rings. The third kappa shape index (κ3) is 3.98. The number of hydrogen-bond acceptors (Lipinski definition) is 10. The third-order valence-corrected chi connectivity index (χ3v) is 7.56. The molecule has 2 unspecified atom stereocenters. The molecule has 0 heterocycles. The van der Waals surface area contributed by atoms with Gasteiger partial charge in [-0.2, -0.15) is 0 Å². The number of aliphatic hydroxyl groups excluding tert-OH is 2. The maximum absolute atomic E-state index is 13.6. The van der Waals surface area contributed by atoms with Crippen molar-refractivity contribution in [3.8, 4) is 5.75 Å². The first kappa shape index (κ1) is 26.4. The minimum absolute atomic E-state index is 0.0499. The van der Waals surface area contributed by atoms with Crippen LogP contribution in [0.25, 0.3) is 11.8 Å². The molecule has 11 nitrogen and oxygen atoms in total. The summed E-state index contributed by atoms with van der Waals surface area (Å²) < 4.78 is 4.87. The van der Waals surface area contributed by atoms with Gasteiger partial charge < -0.3 is 35.8 Å². The largest absolute Gasteiger partial charge is 0.507 e. The molecule has 2 fully saturated rings. The van der Waals surface area contributed by atoms with Crippen molar-refractivity contribution in [2.75, 3.05) is 25.6 Å². The number of carbonyl (C=O) groups is 4. The first-order valence-corrected chi connectivity index (χ1v) is 12.0. The predicted molar refractivity (Wildman–Crippen MR) is 131 cm³/mol. The van der Waals surface area contributed by atoms with Crippen LogP contribution in [0.3, 0.4) is 0 Å². The summed E-state index contributed by atoms with van der Waals surface area (Å²) in [6, 6.07) is 1.63. The first-order valence-electron chi connectivity index (χ1n) is 12.0. The number of amides is 1. The van der Waals surface area contributed by atoms with Crippen LogP contribution in [-0.4, -0.2) is 76.3 Å². The molecule has 4 rings (SSSR count). The Morgan fingerprint density at radius 3 is 2.51 bits per heavy atom. The van der Waals surface area contributed by atoms with Crippen LogP contribution in [0.2, 0.25) is 0 Å². The lowest BCUT2D eigenvalue weighted by Crippen LogP contribution is -2.66. The molecular formula is C26H30N2O9. The summed E-state index contributed by atoms with van der Waals surface area (Å²) in [5, 5.41) is 44.1. The van der Waals surface area contributed by atoms with E-state index < -0.39 is 64.4 Å². The number of phenols is 1. The van der Waals surface area contributed by atoms with Gasteiger partial charge in [-0.3, -0.25) is 14.4 Å². The molecule has 1 aromatic rings. The number of aliphatic hydroxyl groups is 3. The fourth-order valence-electron chi connectivity index (χ4n) is 5.87. The second kappa shape index (κ2) is 9.31. The number of benzene rings is 1. The summed E-state index contributed by atoms with van der Waals surface area (Å²) in [6.45, 7) is 1.81. The topological polar surface area (TPSA) is 188 Å². The Kier molecular flexibility index (Phi) is 6.63. The van der Waals surface area contributed by atoms with Crippen molar-refractivity contribution in [1.82, 2.24) is 0 Å². The maximum atomic E-state index is 13.6. The monoisotopic (exact) mass is 514 g/mol. The fourth-order valence-corrected chi connectivity index (χ4v) is 5.87. The van der Waals surface area contributed by atoms with Crippen LogP contribution in [-0.2, 0) is 30.3 Å². The minimum Gasteiger partial charge on any atom is -0.507 e. The van der Waals surface area contributed by atoms with Crippen LogP contribution in [0, 0.1) is 17.8 Å². The van der Waals surface area contributed by atoms with Crippen molar-refractivity contribution in [2.45, 2.75) is 37.9 Å². The van der Waals surface area contributed by atoms with Gasteiger partial charge in [-0.05, 0) is 49.8 Å². The second-order valence-corrected chi connectivity index (χ2v) is 9.91. The van der Waals surface area contributed by atoms with Crippen LogP contribution in [0.5, 0.6) is 5.75 Å². The summed E-state index contributed by atoms with van der Waals surface area (Å²) in [7, 11) is 3.51. The number of ether oxygens (including phenoxy) is 1. The number of nitrogens with two attached hydrogens (primary N) is 1. The summed E-state index contributed by atoms with van der Waals surface area (Å²) in [5.74, 6) is -8.39. The Hall–Kier alpha value is -3.70. The average molecular weight is 515 g/mol. The van der Waals surface area contributed by atoms with Gasteiger partial charge in [0.05, 0.1) is 18.3 Å². The van der Waals surface area contributed by atoms with Crippen molar-refractivity contribution < 1.29 is 44.3 Å². The Labute approximate surface area is 212 Å². The number of ketones is 2. The molecule has 3 aliphatic carbocycles. The van der Waals surface area contributed by atoms with E-state index in [1.165, 1.54) is 6.08 Å². The smallest absolute Gasteiger partial charge is 0.330 e. The van der Waals surface area contributed by atoms with Crippen molar-refractivity contribution in [2.24, 2.45) is 23.5 Å². The summed E-state index contributed by atoms with van der Waals surface area (Å²) in [4.78, 5) is 52.1. The van der Waals surface area contributed by atoms with Gasteiger partial charge >= 0.3 is 5.97 Å². The highest BCUT2D eigenvalue weighted by Gasteiger charge is 2.64. The molecule has 0 aromatic heterocycles. The Bertz CT molecular complexity index is 1260. The highest BCUT2D eigenvalue weighted by atomic mass is 16.5. The van der Waals surface area contributed by atoms with Gasteiger partial charge in [-0.15, -0.1) is 0 Å². The standard InChI is InChI=1S/C26H30N2O9/c1-4-37-17(30)6-5-11-9-15(28(2)3)14-8-12-7-13-10-16(29)20(25(27)35)24(34)26(13,36)23(33)18(12)22(32)19(14)21(11)31/h5-6,9,12-13,16,20,29,31-32,36H,4,7-8,10H2,1-3H3,(H2,27,35)/b6-5+/t12-,13+,16?,20?,26+/m1/s1. The average Bonchev–Trinajstić information content (AvgIpc) is 2.80. The molecule has 0 bridgehead atoms. The van der Waals surface area contributed by atoms with Gasteiger partial charge in [0.2, 0.25) is 11.7 Å². The third-order valence-electron chi connectivity index (χ3n) is 7.56. The highest BCUT2D eigenvalue weighted by Crippen LogP contribution is 2.53. The maximum Gasteiger partial charge on any atom is 0.330 e. The molecule has 0 saturated heterocycles. The SMILES string of the molecule is CCOC(=O)/C=C/c1cc(N(C)C)c2c(c1O)C(O)=C1C(=O)[C@]3(O)C(=O)C(C(N)=O)C(O)C[C@@H]3C[C@@H]1C2. The van der Waals surface area contributed by atoms with Gasteiger partial charge in [0, 0.05) is 42.9 Å². The first-order chi connectivity index (χ1) is 17.3. The Balaban J connectivity index is 1.88. The van der Waals surface area contributed by atoms with Crippen molar-refractivity contribution >= 4 is 41.0 Å². The van der Waals surface area contributed by atoms with Gasteiger partial charge in [-0.25, -0.2) is 4.79 Å². The van der Waals surface area contributed by atoms with E-state index in [0.29, 0.717) is 11.3 Å². The van der Waals surface area contributed by atoms with Crippen molar-refractivity contribution in [3.05, 3.63) is 34.4 Å². The summed E-state index contributed by atoms with van der Waals surface area (Å²) in [6.07, 6.45) is 1.08. The van der Waals surface area contributed by atoms with E-state index >= 15 is 0 Å². The molecular weight excluding hydrogens is 484 g/mol. The second-order valence-electron chi connectivity index (χ2n) is 9.91. The molecule has 2 saturated carbocycles. The van der Waals surface area contributed by atoms with Crippen LogP contribution >= 0.6 is 0 Å². The molecule has 1 amide bonds. The van der Waals surface area contributed by atoms with E-state index in [1.807, 2.05) is 0 Å². The lowest BCUT2D eigenvalue weighted by Gasteiger charge is -2.48. The number of esters is 1. The summed E-state index contributed by atoms with van der Waals surface area (Å²) >= 11 is 0. The van der Waals surface area contributed by atoms with E-state index in [2.05, 4.69) is 0 Å². The summed E-state index contributed by atoms with van der Waals surface area (Å²) in [5.41, 5.74) is 3.67. The minimum atomic E-state index is -2.64. The highest BCUT2D eigenvalue weighted by molar-refractivity contribution is 6.24. The van der Waals surface area contributed by atoms with Crippen molar-refractivity contribution in [1.29, 1.82) is 0 Å². The number of aromatic hydroxyl groups is 1. The number of phenolic OH excluding ortho intramolecular Hbond substituents is 1. The molecule has 0 radical (unpaired) electrons. The number of Topliss-reactive ketones (excluding diaryl/α,β-unsaturated/α-hetero) is 2. The number of primary amides is 1. The zero-order valence-electron chi connectivity index (χ0n) is 20.7. The number of carbonyl (C=O) groups excluding carboxylic acids is 4. The molecule has 37 heavy (non-hydrogen) atoms. The van der Waals surface area contributed by atoms with Crippen LogP contribution in [0.4, 0.5) is 5.69 Å². The molecule has 6 N–H and O–H groups in total. The van der Waals surface area contributed by atoms with E-state index in [9.17, 15) is 39.6 Å². The van der Waals surface area contributed by atoms with E-state index in [-0.39, 0.29) is 42.6 Å². The molecule has 1 aromatic carbocycles. The lowest BCUT2D eigenvalue weighted by atomic mass is 9.56. The van der Waals surface area contributed by atoms with Crippen molar-refractivity contribution in [3.63, 3.8) is 0 Å². The Morgan fingerprint density at radius 1 is 1.24 bits per heavy atom.